The Morgan fingerprint density at radius 2 is 2.08 bits per heavy atom. The van der Waals surface area contributed by atoms with Gasteiger partial charge in [0, 0.05) is 11.0 Å². The molecule has 6 heteroatoms. The first-order valence-electron chi connectivity index (χ1n) is 8.07. The van der Waals surface area contributed by atoms with E-state index in [0.29, 0.717) is 10.6 Å². The van der Waals surface area contributed by atoms with Gasteiger partial charge in [-0.1, -0.05) is 19.1 Å². The monoisotopic (exact) mass is 358 g/mol. The van der Waals surface area contributed by atoms with Gasteiger partial charge in [0.1, 0.15) is 10.8 Å². The van der Waals surface area contributed by atoms with Gasteiger partial charge in [-0.15, -0.1) is 11.3 Å². The molecule has 0 radical (unpaired) electrons. The zero-order chi connectivity index (χ0) is 18.4. The van der Waals surface area contributed by atoms with E-state index in [9.17, 15) is 9.59 Å². The summed E-state index contributed by atoms with van der Waals surface area (Å²) < 4.78 is 5.63. The molecule has 2 amide bonds. The van der Waals surface area contributed by atoms with Crippen LogP contribution < -0.4 is 15.8 Å². The second-order valence-corrected chi connectivity index (χ2v) is 6.87. The molecule has 2 aromatic rings. The number of carbonyl (C=O) groups is 2. The number of nitrogens with one attached hydrogen (secondary N) is 1. The maximum absolute atomic E-state index is 12.1. The number of amides is 2. The summed E-state index contributed by atoms with van der Waals surface area (Å²) in [6.07, 6.45) is 3.98. The van der Waals surface area contributed by atoms with Gasteiger partial charge in [-0.3, -0.25) is 9.59 Å². The minimum Gasteiger partial charge on any atom is -0.491 e. The number of ether oxygens (including phenoxy) is 1. The molecule has 5 nitrogen and oxygen atoms in total. The van der Waals surface area contributed by atoms with Crippen molar-refractivity contribution >= 4 is 34.2 Å². The number of rotatable bonds is 7. The second kappa shape index (κ2) is 8.48. The van der Waals surface area contributed by atoms with E-state index in [1.165, 1.54) is 17.4 Å². The fourth-order valence-electron chi connectivity index (χ4n) is 2.18. The van der Waals surface area contributed by atoms with Crippen LogP contribution in [0.25, 0.3) is 6.08 Å². The van der Waals surface area contributed by atoms with Crippen LogP contribution in [0.4, 0.5) is 5.00 Å². The van der Waals surface area contributed by atoms with Crippen molar-refractivity contribution in [1.82, 2.24) is 0 Å². The minimum absolute atomic E-state index is 0.0846. The van der Waals surface area contributed by atoms with Gasteiger partial charge in [-0.2, -0.15) is 0 Å². The molecule has 0 fully saturated rings. The topological polar surface area (TPSA) is 81.4 Å². The highest BCUT2D eigenvalue weighted by Gasteiger charge is 2.14. The highest BCUT2D eigenvalue weighted by molar-refractivity contribution is 7.16. The van der Waals surface area contributed by atoms with Crippen molar-refractivity contribution in [2.45, 2.75) is 33.3 Å². The fourth-order valence-corrected chi connectivity index (χ4v) is 3.19. The van der Waals surface area contributed by atoms with E-state index in [1.807, 2.05) is 45.0 Å². The van der Waals surface area contributed by atoms with E-state index >= 15 is 0 Å². The Labute approximate surface area is 151 Å². The molecule has 3 N–H and O–H groups in total. The number of anilines is 1. The number of primary amides is 1. The maximum Gasteiger partial charge on any atom is 0.251 e. The summed E-state index contributed by atoms with van der Waals surface area (Å²) in [5.74, 6) is -0.115. The molecule has 0 atom stereocenters. The van der Waals surface area contributed by atoms with Crippen LogP contribution in [0, 0.1) is 0 Å². The Bertz CT molecular complexity index is 794. The third kappa shape index (κ3) is 5.46. The Morgan fingerprint density at radius 3 is 2.72 bits per heavy atom. The third-order valence-corrected chi connectivity index (χ3v) is 4.49. The lowest BCUT2D eigenvalue weighted by Gasteiger charge is -2.09. The summed E-state index contributed by atoms with van der Waals surface area (Å²) in [5, 5.41) is 3.21. The average Bonchev–Trinajstić information content (AvgIpc) is 2.96. The molecule has 0 saturated heterocycles. The van der Waals surface area contributed by atoms with Gasteiger partial charge in [0.15, 0.2) is 0 Å². The molecule has 0 spiro atoms. The van der Waals surface area contributed by atoms with E-state index in [-0.39, 0.29) is 12.0 Å². The molecular formula is C19H22N2O3S. The van der Waals surface area contributed by atoms with Crippen molar-refractivity contribution < 1.29 is 14.3 Å². The molecular weight excluding hydrogens is 336 g/mol. The van der Waals surface area contributed by atoms with Crippen molar-refractivity contribution in [3.8, 4) is 5.75 Å². The van der Waals surface area contributed by atoms with E-state index in [2.05, 4.69) is 5.32 Å². The lowest BCUT2D eigenvalue weighted by Crippen LogP contribution is -2.14. The van der Waals surface area contributed by atoms with E-state index in [1.54, 1.807) is 12.1 Å². The molecule has 1 aromatic heterocycles. The van der Waals surface area contributed by atoms with Gasteiger partial charge < -0.3 is 15.8 Å². The fraction of sp³-hybridized carbons (Fsp3) is 0.263. The van der Waals surface area contributed by atoms with Gasteiger partial charge in [-0.05, 0) is 50.1 Å². The number of nitrogens with two attached hydrogens (primary N) is 1. The number of hydrogen-bond donors (Lipinski definition) is 2. The zero-order valence-corrected chi connectivity index (χ0v) is 15.4. The molecule has 0 aliphatic heterocycles. The number of thiophene rings is 1. The largest absolute Gasteiger partial charge is 0.491 e. The molecule has 0 aliphatic rings. The highest BCUT2D eigenvalue weighted by Crippen LogP contribution is 2.28. The van der Waals surface area contributed by atoms with Gasteiger partial charge in [-0.25, -0.2) is 0 Å². The van der Waals surface area contributed by atoms with Crippen LogP contribution in [-0.2, 0) is 11.2 Å². The predicted octanol–water partition coefficient (Wildman–Crippen LogP) is 3.85. The van der Waals surface area contributed by atoms with Crippen LogP contribution in [-0.4, -0.2) is 17.9 Å². The average molecular weight is 358 g/mol. The lowest BCUT2D eigenvalue weighted by atomic mass is 10.2. The molecule has 0 bridgehead atoms. The van der Waals surface area contributed by atoms with Crippen LogP contribution in [0.15, 0.2) is 36.4 Å². The van der Waals surface area contributed by atoms with Crippen molar-refractivity contribution in [1.29, 1.82) is 0 Å². The second-order valence-electron chi connectivity index (χ2n) is 5.73. The van der Waals surface area contributed by atoms with Crippen LogP contribution in [0.1, 0.15) is 41.6 Å². The first-order valence-corrected chi connectivity index (χ1v) is 8.89. The van der Waals surface area contributed by atoms with Gasteiger partial charge >= 0.3 is 0 Å². The Morgan fingerprint density at radius 1 is 1.32 bits per heavy atom. The Hall–Kier alpha value is -2.60. The molecule has 0 aliphatic carbocycles. The first-order chi connectivity index (χ1) is 11.9. The van der Waals surface area contributed by atoms with Crippen molar-refractivity contribution in [2.75, 3.05) is 5.32 Å². The number of aryl methyl sites for hydroxylation is 1. The number of benzene rings is 1. The van der Waals surface area contributed by atoms with E-state index < -0.39 is 5.91 Å². The summed E-state index contributed by atoms with van der Waals surface area (Å²) >= 11 is 1.36. The van der Waals surface area contributed by atoms with Gasteiger partial charge in [0.05, 0.1) is 11.7 Å². The molecule has 2 rings (SSSR count). The van der Waals surface area contributed by atoms with Gasteiger partial charge in [0.25, 0.3) is 5.91 Å². The van der Waals surface area contributed by atoms with Crippen molar-refractivity contribution in [2.24, 2.45) is 5.73 Å². The van der Waals surface area contributed by atoms with Crippen LogP contribution in [0.3, 0.4) is 0 Å². The normalized spacial score (nSPS) is 11.0. The van der Waals surface area contributed by atoms with Crippen LogP contribution in [0.2, 0.25) is 0 Å². The molecule has 1 aromatic carbocycles. The Balaban J connectivity index is 2.09. The summed E-state index contributed by atoms with van der Waals surface area (Å²) in [5.41, 5.74) is 6.56. The predicted molar refractivity (Wildman–Crippen MR) is 102 cm³/mol. The third-order valence-electron chi connectivity index (χ3n) is 3.29. The van der Waals surface area contributed by atoms with Crippen LogP contribution in [0.5, 0.6) is 5.75 Å². The standard InChI is InChI=1S/C19H22N2O3S/c1-4-15-11-16(18(20)23)19(25-15)21-17(22)9-8-13-6-5-7-14(10-13)24-12(2)3/h5-12H,4H2,1-3H3,(H2,20,23)(H,21,22)/b9-8+. The Kier molecular flexibility index (Phi) is 6.36. The summed E-state index contributed by atoms with van der Waals surface area (Å²) in [4.78, 5) is 24.6. The number of carbonyl (C=O) groups excluding carboxylic acids is 2. The molecule has 132 valence electrons. The van der Waals surface area contributed by atoms with Crippen molar-refractivity contribution in [3.05, 3.63) is 52.4 Å². The zero-order valence-electron chi connectivity index (χ0n) is 14.5. The van der Waals surface area contributed by atoms with Crippen molar-refractivity contribution in [3.63, 3.8) is 0 Å². The van der Waals surface area contributed by atoms with Crippen LogP contribution >= 0.6 is 11.3 Å². The van der Waals surface area contributed by atoms with E-state index in [4.69, 9.17) is 10.5 Å². The number of hydrogen-bond acceptors (Lipinski definition) is 4. The molecule has 0 unspecified atom stereocenters. The summed E-state index contributed by atoms with van der Waals surface area (Å²) in [7, 11) is 0. The molecule has 1 heterocycles. The quantitative estimate of drug-likeness (QED) is 0.738. The summed E-state index contributed by atoms with van der Waals surface area (Å²) in [6, 6.07) is 9.20. The maximum atomic E-state index is 12.1. The first kappa shape index (κ1) is 18.7. The molecule has 0 saturated carbocycles. The molecule has 25 heavy (non-hydrogen) atoms. The SMILES string of the molecule is CCc1cc(C(N)=O)c(NC(=O)/C=C/c2cccc(OC(C)C)c2)s1. The highest BCUT2D eigenvalue weighted by atomic mass is 32.1. The summed E-state index contributed by atoms with van der Waals surface area (Å²) in [6.45, 7) is 5.89. The minimum atomic E-state index is -0.547. The van der Waals surface area contributed by atoms with Gasteiger partial charge in [0.2, 0.25) is 5.91 Å². The lowest BCUT2D eigenvalue weighted by molar-refractivity contribution is -0.111. The van der Waals surface area contributed by atoms with E-state index in [0.717, 1.165) is 22.6 Å². The smallest absolute Gasteiger partial charge is 0.251 e.